The fraction of sp³-hybridized carbons (Fsp3) is 0.776. The molecule has 1 saturated heterocycles. The van der Waals surface area contributed by atoms with E-state index >= 15 is 24.0 Å². The molecule has 1 fully saturated rings. The lowest BCUT2D eigenvalue weighted by Crippen LogP contribution is -2.63. The number of nitrogens with zero attached hydrogens (tertiary/aromatic N) is 8. The second kappa shape index (κ2) is 37.2. The first-order valence-electron chi connectivity index (χ1n) is 32.5. The Kier molecular flexibility index (Phi) is 33.7. The van der Waals surface area contributed by atoms with Crippen LogP contribution in [0.3, 0.4) is 0 Å². The molecule has 12 atom stereocenters. The van der Waals surface area contributed by atoms with Gasteiger partial charge >= 0.3 is 0 Å². The second-order valence-corrected chi connectivity index (χ2v) is 27.8. The van der Waals surface area contributed by atoms with Crippen LogP contribution in [0, 0.1) is 41.4 Å². The highest BCUT2D eigenvalue weighted by Gasteiger charge is 2.46. The van der Waals surface area contributed by atoms with Crippen LogP contribution in [0.1, 0.15) is 170 Å². The Morgan fingerprint density at radius 2 is 0.900 bits per heavy atom. The highest BCUT2D eigenvalue weighted by atomic mass is 16.3. The van der Waals surface area contributed by atoms with E-state index in [0.29, 0.717) is 6.42 Å². The molecule has 1 aliphatic heterocycles. The highest BCUT2D eigenvalue weighted by Crippen LogP contribution is 2.27. The number of carbonyl (C=O) groups excluding carboxylic acids is 11. The van der Waals surface area contributed by atoms with Gasteiger partial charge in [0.1, 0.15) is 60.4 Å². The molecule has 11 amide bonds. The van der Waals surface area contributed by atoms with E-state index < -0.39 is 156 Å². The number of rotatable bonds is 17. The normalized spacial score (nSPS) is 26.1. The Hall–Kier alpha value is -6.39. The third-order valence-electron chi connectivity index (χ3n) is 17.0. The van der Waals surface area contributed by atoms with Crippen LogP contribution in [-0.4, -0.2) is 238 Å². The first-order valence-corrected chi connectivity index (χ1v) is 32.5. The van der Waals surface area contributed by atoms with E-state index in [9.17, 15) is 33.9 Å². The van der Waals surface area contributed by atoms with Crippen molar-refractivity contribution in [3.05, 3.63) is 23.8 Å². The zero-order valence-corrected chi connectivity index (χ0v) is 59.8. The molecule has 23 nitrogen and oxygen atoms in total. The maximum absolute atomic E-state index is 15.4. The molecule has 4 N–H and O–H groups in total. The van der Waals surface area contributed by atoms with Crippen molar-refractivity contribution in [2.45, 2.75) is 237 Å². The van der Waals surface area contributed by atoms with Gasteiger partial charge in [-0.1, -0.05) is 121 Å². The van der Waals surface area contributed by atoms with E-state index in [1.807, 2.05) is 75.3 Å². The number of aliphatic hydroxyl groups is 1. The summed E-state index contributed by atoms with van der Waals surface area (Å²) in [7, 11) is 10.0. The monoisotopic (exact) mass is 1270 g/mol. The van der Waals surface area contributed by atoms with Crippen LogP contribution >= 0.6 is 0 Å². The number of nitrogens with one attached hydrogen (secondary N) is 3. The lowest BCUT2D eigenvalue weighted by atomic mass is 9.91. The lowest BCUT2D eigenvalue weighted by molar-refractivity contribution is -0.157. The van der Waals surface area contributed by atoms with Crippen LogP contribution in [0.5, 0.6) is 0 Å². The third kappa shape index (κ3) is 22.8. The average molecular weight is 1270 g/mol. The predicted molar refractivity (Wildman–Crippen MR) is 351 cm³/mol. The highest BCUT2D eigenvalue weighted by molar-refractivity contribution is 5.99. The molecular formula is C67H119N11O12. The lowest BCUT2D eigenvalue weighted by Gasteiger charge is -2.41. The molecule has 0 aromatic carbocycles. The van der Waals surface area contributed by atoms with Crippen molar-refractivity contribution in [2.75, 3.05) is 62.4 Å². The second-order valence-electron chi connectivity index (χ2n) is 27.8. The molecule has 1 rings (SSSR count). The summed E-state index contributed by atoms with van der Waals surface area (Å²) in [6.07, 6.45) is 4.82. The summed E-state index contributed by atoms with van der Waals surface area (Å²) in [5, 5.41) is 20.4. The number of aliphatic hydroxyl groups excluding tert-OH is 1. The van der Waals surface area contributed by atoms with Crippen LogP contribution in [0.4, 0.5) is 0 Å². The summed E-state index contributed by atoms with van der Waals surface area (Å²) in [5.41, 5.74) is 0.841. The van der Waals surface area contributed by atoms with Gasteiger partial charge in [-0.2, -0.15) is 0 Å². The first-order chi connectivity index (χ1) is 41.5. The summed E-state index contributed by atoms with van der Waals surface area (Å²) < 4.78 is 0. The smallest absolute Gasteiger partial charge is 0.246 e. The Morgan fingerprint density at radius 3 is 1.34 bits per heavy atom. The number of amides is 11. The largest absolute Gasteiger partial charge is 0.390 e. The number of hydrogen-bond acceptors (Lipinski definition) is 12. The summed E-state index contributed by atoms with van der Waals surface area (Å²) in [5.74, 6) is -9.62. The molecule has 514 valence electrons. The van der Waals surface area contributed by atoms with Gasteiger partial charge in [-0.05, 0) is 115 Å². The Balaban J connectivity index is 4.50. The van der Waals surface area contributed by atoms with Crippen LogP contribution in [0.2, 0.25) is 0 Å². The van der Waals surface area contributed by atoms with Gasteiger partial charge in [0.15, 0.2) is 0 Å². The molecular weight excluding hydrogens is 1150 g/mol. The number of carbonyl (C=O) groups is 11. The summed E-state index contributed by atoms with van der Waals surface area (Å²) in [6.45, 7) is 33.2. The molecule has 1 heterocycles. The minimum Gasteiger partial charge on any atom is -0.390 e. The van der Waals surface area contributed by atoms with Crippen LogP contribution < -0.4 is 16.0 Å². The van der Waals surface area contributed by atoms with Crippen LogP contribution in [0.25, 0.3) is 0 Å². The van der Waals surface area contributed by atoms with Crippen LogP contribution in [-0.2, 0) is 52.7 Å². The molecule has 0 saturated carbocycles. The summed E-state index contributed by atoms with van der Waals surface area (Å²) in [6, 6.07) is -12.4. The van der Waals surface area contributed by atoms with Gasteiger partial charge in [-0.3, -0.25) is 52.7 Å². The maximum atomic E-state index is 15.4. The molecule has 0 aliphatic carbocycles. The molecule has 90 heavy (non-hydrogen) atoms. The van der Waals surface area contributed by atoms with Crippen molar-refractivity contribution >= 4 is 65.0 Å². The van der Waals surface area contributed by atoms with Crippen molar-refractivity contribution in [1.29, 1.82) is 0 Å². The predicted octanol–water partition coefficient (Wildman–Crippen LogP) is 4.95. The Morgan fingerprint density at radius 1 is 0.489 bits per heavy atom. The number of hydrogen-bond donors (Lipinski definition) is 4. The topological polar surface area (TPSA) is 270 Å². The minimum atomic E-state index is -1.62. The molecule has 0 aromatic heterocycles. The first kappa shape index (κ1) is 81.6. The maximum Gasteiger partial charge on any atom is 0.246 e. The van der Waals surface area contributed by atoms with E-state index in [1.165, 1.54) is 92.6 Å². The fourth-order valence-corrected chi connectivity index (χ4v) is 11.5. The molecule has 1 aliphatic rings. The van der Waals surface area contributed by atoms with Gasteiger partial charge in [-0.25, -0.2) is 0 Å². The summed E-state index contributed by atoms with van der Waals surface area (Å²) in [4.78, 5) is 173. The quantitative estimate of drug-likeness (QED) is 0.141. The van der Waals surface area contributed by atoms with Gasteiger partial charge in [0, 0.05) is 55.9 Å². The molecule has 23 heteroatoms. The zero-order chi connectivity index (χ0) is 69.8. The molecule has 0 radical (unpaired) electrons. The zero-order valence-electron chi connectivity index (χ0n) is 59.8. The SMILES string of the molecule is C/C=C/C[C@@H](C)[C@@H](O)[C@H]1C(=O)N[C@@H](CC)C(=O)N(C)CC(=O)N(C)[C@@H](CC(C)C)C(=O)N(CC=C(C)C)[C@@H](C(C)C)C(=O)N(C)[C@@H](CC(C)C)C(=O)N[C@@H](C)C(=O)N[C@H](C)C(=O)N(C)[C@@H](CC(C)C)C(=O)N(C)[C@@H](CC(C)C)C(=O)N(C)[C@@H](C(C)C)C(=O)N1C. The standard InChI is InChI=1S/C67H119N11O12/c1-27-29-30-45(17)57(80)56-60(83)70-48(28-2)62(85)71(20)37-53(79)72(21)52(36-42(11)12)65(88)78(32-31-38(3)4)55(44(15)16)67(90)73(22)49(33-39(5)6)59(82)68-46(18)58(81)69-47(19)61(84)74(23)50(34-40(7)8)63(86)75(24)51(35-41(9)10)64(87)76(25)54(43(13)14)66(89)77(56)26/h27,29,31,39-52,54-57,80H,28,30,32-37H2,1-26H3,(H,68,82)(H,69,81)(H,70,83)/b29-27+/t45-,46+,47-,48+,49+,50+,51+,52+,54+,55+,56+,57-/m1/s1. The van der Waals surface area contributed by atoms with Gasteiger partial charge in [0.25, 0.3) is 0 Å². The van der Waals surface area contributed by atoms with E-state index in [4.69, 9.17) is 0 Å². The van der Waals surface area contributed by atoms with E-state index in [0.717, 1.165) is 15.4 Å². The van der Waals surface area contributed by atoms with Crippen molar-refractivity contribution in [3.8, 4) is 0 Å². The van der Waals surface area contributed by atoms with Gasteiger partial charge in [0.05, 0.1) is 12.6 Å². The van der Waals surface area contributed by atoms with Crippen molar-refractivity contribution in [3.63, 3.8) is 0 Å². The Labute approximate surface area is 540 Å². The number of allylic oxidation sites excluding steroid dienone is 3. The van der Waals surface area contributed by atoms with Crippen molar-refractivity contribution in [2.24, 2.45) is 41.4 Å². The molecule has 0 unspecified atom stereocenters. The van der Waals surface area contributed by atoms with E-state index in [1.54, 1.807) is 60.6 Å². The molecule has 0 aromatic rings. The molecule has 0 bridgehead atoms. The van der Waals surface area contributed by atoms with Crippen molar-refractivity contribution in [1.82, 2.24) is 55.1 Å². The minimum absolute atomic E-state index is 0.0183. The van der Waals surface area contributed by atoms with Crippen molar-refractivity contribution < 1.29 is 57.8 Å². The Bertz CT molecular complexity index is 2510. The van der Waals surface area contributed by atoms with Gasteiger partial charge in [-0.15, -0.1) is 0 Å². The van der Waals surface area contributed by atoms with E-state index in [2.05, 4.69) is 16.0 Å². The van der Waals surface area contributed by atoms with Gasteiger partial charge < -0.3 is 60.3 Å². The average Bonchev–Trinajstić information content (AvgIpc) is 0.968. The number of likely N-dealkylation sites (N-methyl/N-ethyl adjacent to an activating group) is 7. The van der Waals surface area contributed by atoms with E-state index in [-0.39, 0.29) is 62.3 Å². The molecule has 0 spiro atoms. The third-order valence-corrected chi connectivity index (χ3v) is 17.0. The van der Waals surface area contributed by atoms with Gasteiger partial charge in [0.2, 0.25) is 65.0 Å². The van der Waals surface area contributed by atoms with Crippen LogP contribution in [0.15, 0.2) is 23.8 Å². The fourth-order valence-electron chi connectivity index (χ4n) is 11.5. The summed E-state index contributed by atoms with van der Waals surface area (Å²) >= 11 is 0.